The van der Waals surface area contributed by atoms with Crippen molar-refractivity contribution in [1.82, 2.24) is 0 Å². The summed E-state index contributed by atoms with van der Waals surface area (Å²) in [5.74, 6) is 0.563. The van der Waals surface area contributed by atoms with Gasteiger partial charge < -0.3 is 10.5 Å². The predicted octanol–water partition coefficient (Wildman–Crippen LogP) is 3.69. The molecule has 19 heavy (non-hydrogen) atoms. The van der Waals surface area contributed by atoms with Gasteiger partial charge in [-0.15, -0.1) is 12.4 Å². The fourth-order valence-electron chi connectivity index (χ4n) is 2.13. The van der Waals surface area contributed by atoms with E-state index in [-0.39, 0.29) is 18.2 Å². The van der Waals surface area contributed by atoms with Gasteiger partial charge >= 0.3 is 0 Å². The molecule has 0 fully saturated rings. The number of hydrogen-bond acceptors (Lipinski definition) is 2. The molecule has 2 N–H and O–H groups in total. The maximum atomic E-state index is 13.2. The Morgan fingerprint density at radius 2 is 1.89 bits per heavy atom. The Balaban J connectivity index is 0.00000180. The molecule has 2 nitrogen and oxygen atoms in total. The van der Waals surface area contributed by atoms with Gasteiger partial charge in [0.25, 0.3) is 0 Å². The first-order valence-electron chi connectivity index (χ1n) is 5.79. The second-order valence-corrected chi connectivity index (χ2v) is 4.20. The number of halogens is 2. The lowest BCUT2D eigenvalue weighted by Gasteiger charge is -2.13. The minimum Gasteiger partial charge on any atom is -0.496 e. The van der Waals surface area contributed by atoms with E-state index in [2.05, 4.69) is 0 Å². The van der Waals surface area contributed by atoms with Crippen LogP contribution in [0.2, 0.25) is 0 Å². The van der Waals surface area contributed by atoms with E-state index >= 15 is 0 Å². The minimum absolute atomic E-state index is 0. The van der Waals surface area contributed by atoms with Crippen molar-refractivity contribution >= 4 is 12.4 Å². The zero-order valence-electron chi connectivity index (χ0n) is 10.9. The highest BCUT2D eigenvalue weighted by atomic mass is 35.5. The highest BCUT2D eigenvalue weighted by molar-refractivity contribution is 5.85. The van der Waals surface area contributed by atoms with Crippen LogP contribution in [-0.4, -0.2) is 7.11 Å². The molecule has 0 bridgehead atoms. The van der Waals surface area contributed by atoms with E-state index in [9.17, 15) is 4.39 Å². The molecule has 2 aromatic carbocycles. The van der Waals surface area contributed by atoms with Gasteiger partial charge in [0.2, 0.25) is 0 Å². The zero-order chi connectivity index (χ0) is 13.1. The van der Waals surface area contributed by atoms with E-state index in [0.717, 1.165) is 28.0 Å². The standard InChI is InChI=1S/C15H16FNO.ClH/c1-10-6-12(7-13(9-17)15(10)18-2)11-4-3-5-14(16)8-11;/h3-8H,9,17H2,1-2H3;1H. The van der Waals surface area contributed by atoms with Crippen molar-refractivity contribution in [2.24, 2.45) is 5.73 Å². The molecule has 102 valence electrons. The number of rotatable bonds is 3. The third-order valence-corrected chi connectivity index (χ3v) is 2.93. The third-order valence-electron chi connectivity index (χ3n) is 2.93. The van der Waals surface area contributed by atoms with Crippen molar-refractivity contribution in [3.8, 4) is 16.9 Å². The normalized spacial score (nSPS) is 9.89. The van der Waals surface area contributed by atoms with Gasteiger partial charge in [-0.25, -0.2) is 4.39 Å². The van der Waals surface area contributed by atoms with Crippen molar-refractivity contribution in [1.29, 1.82) is 0 Å². The average molecular weight is 282 g/mol. The molecule has 0 spiro atoms. The number of hydrogen-bond donors (Lipinski definition) is 1. The van der Waals surface area contributed by atoms with Crippen molar-refractivity contribution < 1.29 is 9.13 Å². The summed E-state index contributed by atoms with van der Waals surface area (Å²) in [6, 6.07) is 10.5. The summed E-state index contributed by atoms with van der Waals surface area (Å²) in [5.41, 5.74) is 9.44. The Labute approximate surface area is 118 Å². The van der Waals surface area contributed by atoms with Crippen LogP contribution >= 0.6 is 12.4 Å². The van der Waals surface area contributed by atoms with Crippen molar-refractivity contribution in [3.63, 3.8) is 0 Å². The second kappa shape index (κ2) is 6.55. The van der Waals surface area contributed by atoms with Crippen molar-refractivity contribution in [2.75, 3.05) is 7.11 Å². The Hall–Kier alpha value is -1.58. The van der Waals surface area contributed by atoms with E-state index < -0.39 is 0 Å². The predicted molar refractivity (Wildman–Crippen MR) is 78.3 cm³/mol. The Kier molecular flexibility index (Phi) is 5.33. The van der Waals surface area contributed by atoms with E-state index in [1.165, 1.54) is 12.1 Å². The lowest BCUT2D eigenvalue weighted by atomic mass is 9.99. The summed E-state index contributed by atoms with van der Waals surface area (Å²) in [4.78, 5) is 0. The van der Waals surface area contributed by atoms with Crippen molar-refractivity contribution in [2.45, 2.75) is 13.5 Å². The molecule has 0 aliphatic heterocycles. The van der Waals surface area contributed by atoms with Crippen LogP contribution in [0.1, 0.15) is 11.1 Å². The SMILES string of the molecule is COc1c(C)cc(-c2cccc(F)c2)cc1CN.Cl. The fraction of sp³-hybridized carbons (Fsp3) is 0.200. The quantitative estimate of drug-likeness (QED) is 0.931. The highest BCUT2D eigenvalue weighted by Crippen LogP contribution is 2.30. The molecule has 0 amide bonds. The monoisotopic (exact) mass is 281 g/mol. The molecular weight excluding hydrogens is 265 g/mol. The number of benzene rings is 2. The summed E-state index contributed by atoms with van der Waals surface area (Å²) >= 11 is 0. The largest absolute Gasteiger partial charge is 0.496 e. The lowest BCUT2D eigenvalue weighted by Crippen LogP contribution is -2.02. The maximum absolute atomic E-state index is 13.2. The minimum atomic E-state index is -0.240. The van der Waals surface area contributed by atoms with E-state index in [1.54, 1.807) is 13.2 Å². The second-order valence-electron chi connectivity index (χ2n) is 4.20. The molecule has 2 rings (SSSR count). The van der Waals surface area contributed by atoms with E-state index in [1.807, 2.05) is 25.1 Å². The Bertz CT molecular complexity index is 572. The van der Waals surface area contributed by atoms with Gasteiger partial charge in [0.15, 0.2) is 0 Å². The maximum Gasteiger partial charge on any atom is 0.126 e. The molecule has 0 saturated carbocycles. The number of aryl methyl sites for hydroxylation is 1. The van der Waals surface area contributed by atoms with Gasteiger partial charge in [-0.3, -0.25) is 0 Å². The number of ether oxygens (including phenoxy) is 1. The molecule has 0 radical (unpaired) electrons. The van der Waals surface area contributed by atoms with E-state index in [0.29, 0.717) is 6.54 Å². The molecule has 0 saturated heterocycles. The zero-order valence-corrected chi connectivity index (χ0v) is 11.8. The van der Waals surface area contributed by atoms with Crippen LogP contribution < -0.4 is 10.5 Å². The first kappa shape index (κ1) is 15.5. The first-order chi connectivity index (χ1) is 8.65. The van der Waals surface area contributed by atoms with Gasteiger partial charge in [0.1, 0.15) is 11.6 Å². The third kappa shape index (κ3) is 3.25. The summed E-state index contributed by atoms with van der Waals surface area (Å²) < 4.78 is 18.6. The molecule has 0 aliphatic rings. The molecule has 0 unspecified atom stereocenters. The van der Waals surface area contributed by atoms with Crippen LogP contribution in [0.4, 0.5) is 4.39 Å². The van der Waals surface area contributed by atoms with Gasteiger partial charge in [-0.1, -0.05) is 12.1 Å². The van der Waals surface area contributed by atoms with Crippen LogP contribution in [0.3, 0.4) is 0 Å². The Morgan fingerprint density at radius 3 is 2.47 bits per heavy atom. The molecule has 0 heterocycles. The molecule has 0 aromatic heterocycles. The molecule has 0 atom stereocenters. The van der Waals surface area contributed by atoms with Crippen LogP contribution in [0, 0.1) is 12.7 Å². The van der Waals surface area contributed by atoms with Gasteiger partial charge in [0.05, 0.1) is 7.11 Å². The van der Waals surface area contributed by atoms with Crippen LogP contribution in [0.5, 0.6) is 5.75 Å². The van der Waals surface area contributed by atoms with Crippen LogP contribution in [-0.2, 0) is 6.54 Å². The lowest BCUT2D eigenvalue weighted by molar-refractivity contribution is 0.407. The van der Waals surface area contributed by atoms with Gasteiger partial charge in [0, 0.05) is 12.1 Å². The van der Waals surface area contributed by atoms with E-state index in [4.69, 9.17) is 10.5 Å². The van der Waals surface area contributed by atoms with Gasteiger partial charge in [-0.2, -0.15) is 0 Å². The molecule has 2 aromatic rings. The smallest absolute Gasteiger partial charge is 0.126 e. The molecule has 4 heteroatoms. The fourth-order valence-corrected chi connectivity index (χ4v) is 2.13. The van der Waals surface area contributed by atoms with Crippen LogP contribution in [0.25, 0.3) is 11.1 Å². The van der Waals surface area contributed by atoms with Crippen molar-refractivity contribution in [3.05, 3.63) is 53.3 Å². The summed E-state index contributed by atoms with van der Waals surface area (Å²) in [7, 11) is 1.63. The molecule has 0 aliphatic carbocycles. The highest BCUT2D eigenvalue weighted by Gasteiger charge is 2.09. The molecular formula is C15H17ClFNO. The van der Waals surface area contributed by atoms with Gasteiger partial charge in [-0.05, 0) is 47.9 Å². The summed E-state index contributed by atoms with van der Waals surface area (Å²) in [6.45, 7) is 2.36. The summed E-state index contributed by atoms with van der Waals surface area (Å²) in [6.07, 6.45) is 0. The summed E-state index contributed by atoms with van der Waals surface area (Å²) in [5, 5.41) is 0. The topological polar surface area (TPSA) is 35.2 Å². The number of nitrogens with two attached hydrogens (primary N) is 1. The Morgan fingerprint density at radius 1 is 1.16 bits per heavy atom. The number of methoxy groups -OCH3 is 1. The van der Waals surface area contributed by atoms with Crippen LogP contribution in [0.15, 0.2) is 36.4 Å². The first-order valence-corrected chi connectivity index (χ1v) is 5.79. The average Bonchev–Trinajstić information content (AvgIpc) is 2.37.